The van der Waals surface area contributed by atoms with E-state index in [0.29, 0.717) is 5.92 Å². The monoisotopic (exact) mass is 521 g/mol. The second kappa shape index (κ2) is 12.9. The highest BCUT2D eigenvalue weighted by atomic mass is 16.1. The summed E-state index contributed by atoms with van der Waals surface area (Å²) < 4.78 is 0. The van der Waals surface area contributed by atoms with Crippen LogP contribution in [0.2, 0.25) is 0 Å². The van der Waals surface area contributed by atoms with E-state index in [1.807, 2.05) is 36.4 Å². The van der Waals surface area contributed by atoms with E-state index >= 15 is 0 Å². The average molecular weight is 522 g/mol. The maximum atomic E-state index is 13.5. The Labute approximate surface area is 234 Å². The van der Waals surface area contributed by atoms with Crippen molar-refractivity contribution in [2.75, 3.05) is 18.4 Å². The van der Waals surface area contributed by atoms with E-state index in [4.69, 9.17) is 5.73 Å². The molecule has 1 fully saturated rings. The van der Waals surface area contributed by atoms with Gasteiger partial charge in [0, 0.05) is 29.1 Å². The molecule has 3 N–H and O–H groups in total. The number of amides is 1. The minimum Gasteiger partial charge on any atom is -0.398 e. The summed E-state index contributed by atoms with van der Waals surface area (Å²) in [5, 5.41) is 3.13. The topological polar surface area (TPSA) is 58.4 Å². The summed E-state index contributed by atoms with van der Waals surface area (Å²) >= 11 is 0. The quantitative estimate of drug-likeness (QED) is 0.295. The van der Waals surface area contributed by atoms with Crippen LogP contribution in [-0.2, 0) is 6.54 Å². The van der Waals surface area contributed by atoms with E-state index in [9.17, 15) is 4.79 Å². The smallest absolute Gasteiger partial charge is 0.255 e. The van der Waals surface area contributed by atoms with Crippen molar-refractivity contribution in [3.63, 3.8) is 0 Å². The van der Waals surface area contributed by atoms with Crippen LogP contribution in [-0.4, -0.2) is 23.9 Å². The molecule has 1 saturated heterocycles. The number of rotatable bonds is 8. The number of allylic oxidation sites excluding steroid dienone is 3. The maximum absolute atomic E-state index is 13.5. The van der Waals surface area contributed by atoms with Crippen molar-refractivity contribution >= 4 is 17.3 Å². The molecule has 4 nitrogen and oxygen atoms in total. The Kier molecular flexibility index (Phi) is 9.42. The van der Waals surface area contributed by atoms with Crippen LogP contribution in [0.25, 0.3) is 5.70 Å². The first kappa shape index (κ1) is 28.4. The molecular weight excluding hydrogens is 478 g/mol. The van der Waals surface area contributed by atoms with Crippen LogP contribution < -0.4 is 11.1 Å². The number of hydrogen-bond donors (Lipinski definition) is 2. The van der Waals surface area contributed by atoms with Gasteiger partial charge in [0.05, 0.1) is 0 Å². The minimum absolute atomic E-state index is 0.0868. The first-order chi connectivity index (χ1) is 18.8. The Hall–Kier alpha value is -3.63. The fraction of sp³-hybridized carbons (Fsp3) is 0.343. The van der Waals surface area contributed by atoms with Crippen LogP contribution in [0.1, 0.15) is 84.1 Å². The molecule has 3 aromatic carbocycles. The third-order valence-electron chi connectivity index (χ3n) is 8.08. The molecule has 204 valence electrons. The SMILES string of the molecule is CC/C=C(C)/C(C)=C(/N)c1cc(NC(=O)c2ccccc2CN2CCC(c3ccc(C)cc3)CC2)ccc1C. The summed E-state index contributed by atoms with van der Waals surface area (Å²) in [6.07, 6.45) is 5.44. The maximum Gasteiger partial charge on any atom is 0.255 e. The molecule has 0 atom stereocenters. The molecule has 1 aliphatic heterocycles. The van der Waals surface area contributed by atoms with E-state index < -0.39 is 0 Å². The van der Waals surface area contributed by atoms with Crippen molar-refractivity contribution in [2.45, 2.75) is 66.3 Å². The molecule has 4 heteroatoms. The first-order valence-corrected chi connectivity index (χ1v) is 14.2. The second-order valence-corrected chi connectivity index (χ2v) is 10.9. The molecule has 0 radical (unpaired) electrons. The lowest BCUT2D eigenvalue weighted by Crippen LogP contribution is -2.33. The normalized spacial score (nSPS) is 15.7. The number of anilines is 1. The van der Waals surface area contributed by atoms with Crippen molar-refractivity contribution in [2.24, 2.45) is 5.73 Å². The first-order valence-electron chi connectivity index (χ1n) is 14.2. The lowest BCUT2D eigenvalue weighted by atomic mass is 9.89. The Morgan fingerprint density at radius 1 is 0.974 bits per heavy atom. The van der Waals surface area contributed by atoms with Gasteiger partial charge < -0.3 is 11.1 Å². The van der Waals surface area contributed by atoms with E-state index in [0.717, 1.165) is 78.1 Å². The number of nitrogens with one attached hydrogen (secondary N) is 1. The van der Waals surface area contributed by atoms with Gasteiger partial charge in [-0.05, 0) is 106 Å². The van der Waals surface area contributed by atoms with Crippen molar-refractivity contribution in [1.29, 1.82) is 0 Å². The summed E-state index contributed by atoms with van der Waals surface area (Å²) in [6.45, 7) is 13.3. The Morgan fingerprint density at radius 3 is 2.36 bits per heavy atom. The molecular formula is C35H43N3O. The zero-order valence-electron chi connectivity index (χ0n) is 24.2. The van der Waals surface area contributed by atoms with Crippen LogP contribution in [0.4, 0.5) is 5.69 Å². The van der Waals surface area contributed by atoms with Crippen molar-refractivity contribution < 1.29 is 4.79 Å². The predicted octanol–water partition coefficient (Wildman–Crippen LogP) is 7.98. The number of aryl methyl sites for hydroxylation is 2. The molecule has 0 aliphatic carbocycles. The summed E-state index contributed by atoms with van der Waals surface area (Å²) in [5.74, 6) is 0.527. The number of nitrogens with two attached hydrogens (primary N) is 1. The van der Waals surface area contributed by atoms with E-state index in [-0.39, 0.29) is 5.91 Å². The standard InChI is InChI=1S/C35H43N3O/c1-6-9-25(3)27(5)34(36)33-22-31(17-14-26(33)4)37-35(39)32-11-8-7-10-30(32)23-38-20-18-29(19-21-38)28-15-12-24(2)13-16-28/h7-17,22,29H,6,18-21,23,36H2,1-5H3,(H,37,39)/b25-9+,34-27+. The fourth-order valence-corrected chi connectivity index (χ4v) is 5.45. The van der Waals surface area contributed by atoms with Gasteiger partial charge in [-0.1, -0.05) is 72.7 Å². The van der Waals surface area contributed by atoms with Gasteiger partial charge in [0.25, 0.3) is 5.91 Å². The molecule has 4 rings (SSSR count). The van der Waals surface area contributed by atoms with Gasteiger partial charge in [-0.2, -0.15) is 0 Å². The molecule has 0 bridgehead atoms. The summed E-state index contributed by atoms with van der Waals surface area (Å²) in [7, 11) is 0. The van der Waals surface area contributed by atoms with Gasteiger partial charge >= 0.3 is 0 Å². The number of benzene rings is 3. The third kappa shape index (κ3) is 7.07. The van der Waals surface area contributed by atoms with Crippen LogP contribution in [0.3, 0.4) is 0 Å². The summed E-state index contributed by atoms with van der Waals surface area (Å²) in [4.78, 5) is 15.9. The summed E-state index contributed by atoms with van der Waals surface area (Å²) in [5.41, 5.74) is 16.9. The number of nitrogens with zero attached hydrogens (tertiary/aromatic N) is 1. The molecule has 0 aromatic heterocycles. The van der Waals surface area contributed by atoms with Gasteiger partial charge in [0.1, 0.15) is 0 Å². The van der Waals surface area contributed by atoms with Gasteiger partial charge in [-0.3, -0.25) is 9.69 Å². The van der Waals surface area contributed by atoms with Gasteiger partial charge in [0.15, 0.2) is 0 Å². The third-order valence-corrected chi connectivity index (χ3v) is 8.08. The van der Waals surface area contributed by atoms with Crippen molar-refractivity contribution in [3.8, 4) is 0 Å². The van der Waals surface area contributed by atoms with E-state index in [2.05, 4.69) is 81.2 Å². The van der Waals surface area contributed by atoms with Crippen molar-refractivity contribution in [1.82, 2.24) is 4.90 Å². The molecule has 1 heterocycles. The van der Waals surface area contributed by atoms with Crippen LogP contribution in [0.15, 0.2) is 84.0 Å². The zero-order valence-corrected chi connectivity index (χ0v) is 24.2. The molecule has 1 aliphatic rings. The van der Waals surface area contributed by atoms with E-state index in [1.54, 1.807) is 0 Å². The minimum atomic E-state index is -0.0868. The van der Waals surface area contributed by atoms with E-state index in [1.165, 1.54) is 16.7 Å². The van der Waals surface area contributed by atoms with Gasteiger partial charge in [-0.15, -0.1) is 0 Å². The fourth-order valence-electron chi connectivity index (χ4n) is 5.45. The zero-order chi connectivity index (χ0) is 27.9. The number of likely N-dealkylation sites (tertiary alicyclic amines) is 1. The average Bonchev–Trinajstić information content (AvgIpc) is 2.94. The van der Waals surface area contributed by atoms with Crippen LogP contribution >= 0.6 is 0 Å². The Morgan fingerprint density at radius 2 is 1.67 bits per heavy atom. The molecule has 0 spiro atoms. The second-order valence-electron chi connectivity index (χ2n) is 10.9. The van der Waals surface area contributed by atoms with Gasteiger partial charge in [-0.25, -0.2) is 0 Å². The highest BCUT2D eigenvalue weighted by molar-refractivity contribution is 6.05. The molecule has 39 heavy (non-hydrogen) atoms. The highest BCUT2D eigenvalue weighted by Gasteiger charge is 2.22. The predicted molar refractivity (Wildman–Crippen MR) is 165 cm³/mol. The van der Waals surface area contributed by atoms with Crippen LogP contribution in [0.5, 0.6) is 0 Å². The lowest BCUT2D eigenvalue weighted by molar-refractivity contribution is 0.102. The van der Waals surface area contributed by atoms with Gasteiger partial charge in [0.2, 0.25) is 0 Å². The number of carbonyl (C=O) groups excluding carboxylic acids is 1. The number of carbonyl (C=O) groups is 1. The molecule has 1 amide bonds. The molecule has 0 unspecified atom stereocenters. The largest absolute Gasteiger partial charge is 0.398 e. The number of piperidine rings is 1. The Balaban J connectivity index is 1.45. The summed E-state index contributed by atoms with van der Waals surface area (Å²) in [6, 6.07) is 22.9. The van der Waals surface area contributed by atoms with Crippen molar-refractivity contribution in [3.05, 3.63) is 117 Å². The lowest BCUT2D eigenvalue weighted by Gasteiger charge is -2.32. The Bertz CT molecular complexity index is 1360. The molecule has 0 saturated carbocycles. The van der Waals surface area contributed by atoms with Crippen LogP contribution in [0, 0.1) is 13.8 Å². The highest BCUT2D eigenvalue weighted by Crippen LogP contribution is 2.30. The molecule has 3 aromatic rings. The number of hydrogen-bond acceptors (Lipinski definition) is 3.